The van der Waals surface area contributed by atoms with Crippen LogP contribution >= 0.6 is 23.2 Å². The molecule has 0 radical (unpaired) electrons. The van der Waals surface area contributed by atoms with E-state index in [1.165, 1.54) is 18.2 Å². The van der Waals surface area contributed by atoms with Crippen LogP contribution in [0.3, 0.4) is 0 Å². The predicted molar refractivity (Wildman–Crippen MR) is 62.4 cm³/mol. The Morgan fingerprint density at radius 1 is 1.50 bits per heavy atom. The van der Waals surface area contributed by atoms with E-state index in [2.05, 4.69) is 6.58 Å². The van der Waals surface area contributed by atoms with E-state index < -0.39 is 28.8 Å². The molecule has 0 aromatic carbocycles. The first kappa shape index (κ1) is 13.3. The van der Waals surface area contributed by atoms with Crippen molar-refractivity contribution in [2.45, 2.75) is 4.33 Å². The highest BCUT2D eigenvalue weighted by atomic mass is 35.5. The number of carboxylic acid groups (broad SMARTS) is 1. The normalized spacial score (nSPS) is 28.1. The first-order valence-corrected chi connectivity index (χ1v) is 5.38. The number of aliphatic carboxylic acids is 1. The van der Waals surface area contributed by atoms with Crippen molar-refractivity contribution in [3.8, 4) is 0 Å². The summed E-state index contributed by atoms with van der Waals surface area (Å²) in [6.45, 7) is 2.87. The maximum Gasteiger partial charge on any atom is 0.310 e. The first-order valence-electron chi connectivity index (χ1n) is 4.62. The summed E-state index contributed by atoms with van der Waals surface area (Å²) in [4.78, 5) is 10.9. The quantitative estimate of drug-likeness (QED) is 0.612. The van der Waals surface area contributed by atoms with E-state index in [9.17, 15) is 9.18 Å². The maximum absolute atomic E-state index is 12.0. The number of allylic oxidation sites excluding steroid dienone is 5. The third-order valence-corrected chi connectivity index (χ3v) is 3.33. The van der Waals surface area contributed by atoms with Crippen molar-refractivity contribution in [1.82, 2.24) is 0 Å². The Balaban J connectivity index is 2.91. The minimum absolute atomic E-state index is 0.519. The van der Waals surface area contributed by atoms with E-state index >= 15 is 0 Å². The SMILES string of the molecule is C=C/C=C(\C=C/CF)C1C(C(=O)O)C1(Cl)Cl. The molecule has 0 heterocycles. The van der Waals surface area contributed by atoms with Gasteiger partial charge in [0, 0.05) is 5.92 Å². The summed E-state index contributed by atoms with van der Waals surface area (Å²) < 4.78 is 10.7. The van der Waals surface area contributed by atoms with Crippen LogP contribution in [0.15, 0.2) is 36.5 Å². The summed E-state index contributed by atoms with van der Waals surface area (Å²) >= 11 is 11.7. The van der Waals surface area contributed by atoms with Crippen LogP contribution in [0.1, 0.15) is 0 Å². The van der Waals surface area contributed by atoms with Crippen LogP contribution in [0.25, 0.3) is 0 Å². The zero-order valence-corrected chi connectivity index (χ0v) is 9.88. The standard InChI is InChI=1S/C11H11Cl2FO2/c1-2-4-7(5-3-6-14)8-9(10(15)16)11(8,12)13/h2-5,8-9H,1,6H2,(H,15,16)/b5-3-,7-4+. The van der Waals surface area contributed by atoms with Crippen LogP contribution in [-0.2, 0) is 4.79 Å². The summed E-state index contributed by atoms with van der Waals surface area (Å²) in [6.07, 6.45) is 5.82. The van der Waals surface area contributed by atoms with Gasteiger partial charge >= 0.3 is 5.97 Å². The molecule has 0 bridgehead atoms. The molecule has 2 unspecified atom stereocenters. The van der Waals surface area contributed by atoms with E-state index in [1.807, 2.05) is 0 Å². The van der Waals surface area contributed by atoms with Crippen molar-refractivity contribution in [3.63, 3.8) is 0 Å². The number of rotatable bonds is 5. The molecular formula is C11H11Cl2FO2. The molecule has 2 nitrogen and oxygen atoms in total. The number of carboxylic acids is 1. The monoisotopic (exact) mass is 264 g/mol. The first-order chi connectivity index (χ1) is 7.46. The molecule has 0 spiro atoms. The third kappa shape index (κ3) is 2.47. The Bertz CT molecular complexity index is 361. The Kier molecular flexibility index (Phi) is 4.16. The van der Waals surface area contributed by atoms with Crippen LogP contribution in [0, 0.1) is 11.8 Å². The fourth-order valence-corrected chi connectivity index (χ4v) is 2.44. The average molecular weight is 265 g/mol. The number of hydrogen-bond donors (Lipinski definition) is 1. The van der Waals surface area contributed by atoms with Gasteiger partial charge in [0.2, 0.25) is 0 Å². The minimum atomic E-state index is -1.32. The van der Waals surface area contributed by atoms with Crippen LogP contribution in [0.2, 0.25) is 0 Å². The molecule has 1 aliphatic rings. The molecule has 1 fully saturated rings. The van der Waals surface area contributed by atoms with Crippen molar-refractivity contribution < 1.29 is 14.3 Å². The van der Waals surface area contributed by atoms with Gasteiger partial charge in [0.25, 0.3) is 0 Å². The molecule has 88 valence electrons. The second kappa shape index (κ2) is 5.02. The molecule has 0 aromatic rings. The van der Waals surface area contributed by atoms with Crippen molar-refractivity contribution in [2.75, 3.05) is 6.67 Å². The largest absolute Gasteiger partial charge is 0.481 e. The number of halogens is 3. The van der Waals surface area contributed by atoms with Gasteiger partial charge in [-0.05, 0) is 5.57 Å². The molecule has 0 aliphatic heterocycles. The predicted octanol–water partition coefficient (Wildman–Crippen LogP) is 3.13. The highest BCUT2D eigenvalue weighted by Crippen LogP contribution is 2.62. The lowest BCUT2D eigenvalue weighted by atomic mass is 10.1. The lowest BCUT2D eigenvalue weighted by Gasteiger charge is -1.99. The molecule has 16 heavy (non-hydrogen) atoms. The summed E-state index contributed by atoms with van der Waals surface area (Å²) in [5.41, 5.74) is 0.574. The van der Waals surface area contributed by atoms with Gasteiger partial charge in [-0.25, -0.2) is 4.39 Å². The third-order valence-electron chi connectivity index (χ3n) is 2.39. The molecule has 0 aromatic heterocycles. The van der Waals surface area contributed by atoms with Crippen LogP contribution in [0.4, 0.5) is 4.39 Å². The lowest BCUT2D eigenvalue weighted by molar-refractivity contribution is -0.138. The van der Waals surface area contributed by atoms with Crippen molar-refractivity contribution in [3.05, 3.63) is 36.5 Å². The number of carbonyl (C=O) groups is 1. The van der Waals surface area contributed by atoms with Crippen LogP contribution in [0.5, 0.6) is 0 Å². The summed E-state index contributed by atoms with van der Waals surface area (Å²) in [6, 6.07) is 0. The van der Waals surface area contributed by atoms with Gasteiger partial charge < -0.3 is 5.11 Å². The molecule has 5 heteroatoms. The van der Waals surface area contributed by atoms with Gasteiger partial charge in [-0.15, -0.1) is 0 Å². The highest BCUT2D eigenvalue weighted by molar-refractivity contribution is 6.53. The topological polar surface area (TPSA) is 37.3 Å². The molecule has 1 rings (SSSR count). The average Bonchev–Trinajstić information content (AvgIpc) is 2.76. The second-order valence-electron chi connectivity index (χ2n) is 3.43. The van der Waals surface area contributed by atoms with E-state index in [4.69, 9.17) is 28.3 Å². The highest BCUT2D eigenvalue weighted by Gasteiger charge is 2.68. The maximum atomic E-state index is 12.0. The molecule has 2 atom stereocenters. The van der Waals surface area contributed by atoms with Gasteiger partial charge in [0.15, 0.2) is 0 Å². The number of alkyl halides is 3. The molecule has 0 amide bonds. The van der Waals surface area contributed by atoms with Crippen molar-refractivity contribution in [2.24, 2.45) is 11.8 Å². The van der Waals surface area contributed by atoms with Gasteiger partial charge in [0.05, 0.1) is 5.92 Å². The van der Waals surface area contributed by atoms with E-state index in [0.717, 1.165) is 0 Å². The summed E-state index contributed by atoms with van der Waals surface area (Å²) in [7, 11) is 0. The molecule has 1 N–H and O–H groups in total. The fourth-order valence-electron chi connectivity index (χ4n) is 1.63. The molecule has 0 saturated heterocycles. The number of hydrogen-bond acceptors (Lipinski definition) is 1. The van der Waals surface area contributed by atoms with Gasteiger partial charge in [-0.3, -0.25) is 4.79 Å². The summed E-state index contributed by atoms with van der Waals surface area (Å²) in [5.74, 6) is -2.43. The van der Waals surface area contributed by atoms with Crippen molar-refractivity contribution >= 4 is 29.2 Å². The van der Waals surface area contributed by atoms with E-state index in [1.54, 1.807) is 6.08 Å². The Morgan fingerprint density at radius 2 is 2.12 bits per heavy atom. The van der Waals surface area contributed by atoms with E-state index in [-0.39, 0.29) is 0 Å². The lowest BCUT2D eigenvalue weighted by Crippen LogP contribution is -2.03. The van der Waals surface area contributed by atoms with Crippen LogP contribution < -0.4 is 0 Å². The van der Waals surface area contributed by atoms with E-state index in [0.29, 0.717) is 5.57 Å². The van der Waals surface area contributed by atoms with Crippen LogP contribution in [-0.4, -0.2) is 22.1 Å². The Morgan fingerprint density at radius 3 is 2.50 bits per heavy atom. The van der Waals surface area contributed by atoms with Gasteiger partial charge in [-0.1, -0.05) is 54.1 Å². The Labute approximate surface area is 103 Å². The zero-order valence-electron chi connectivity index (χ0n) is 8.37. The zero-order chi connectivity index (χ0) is 12.3. The summed E-state index contributed by atoms with van der Waals surface area (Å²) in [5, 5.41) is 8.88. The molecule has 1 saturated carbocycles. The minimum Gasteiger partial charge on any atom is -0.481 e. The van der Waals surface area contributed by atoms with Crippen molar-refractivity contribution in [1.29, 1.82) is 0 Å². The molecule has 1 aliphatic carbocycles. The van der Waals surface area contributed by atoms with Gasteiger partial charge in [0.1, 0.15) is 11.0 Å². The smallest absolute Gasteiger partial charge is 0.310 e. The second-order valence-corrected chi connectivity index (χ2v) is 4.87. The fraction of sp³-hybridized carbons (Fsp3) is 0.364. The van der Waals surface area contributed by atoms with Gasteiger partial charge in [-0.2, -0.15) is 0 Å². The molecular weight excluding hydrogens is 254 g/mol. The Hall–Kier alpha value is -0.800.